The number of hydrogen-bond donors (Lipinski definition) is 1. The second-order valence-electron chi connectivity index (χ2n) is 7.60. The van der Waals surface area contributed by atoms with Gasteiger partial charge in [-0.05, 0) is 68.4 Å². The van der Waals surface area contributed by atoms with Gasteiger partial charge in [0.1, 0.15) is 5.75 Å². The second-order valence-corrected chi connectivity index (χ2v) is 9.69. The third-order valence-corrected chi connectivity index (χ3v) is 7.71. The molecule has 0 heterocycles. The molecule has 4 aliphatic rings. The van der Waals surface area contributed by atoms with Crippen LogP contribution in [0.1, 0.15) is 38.5 Å². The normalized spacial score (nSPS) is 35.5. The van der Waals surface area contributed by atoms with Crippen molar-refractivity contribution in [1.29, 1.82) is 0 Å². The van der Waals surface area contributed by atoms with Gasteiger partial charge in [-0.3, -0.25) is 0 Å². The summed E-state index contributed by atoms with van der Waals surface area (Å²) in [4.78, 5) is 0.231. The Hall–Kier alpha value is -0.780. The van der Waals surface area contributed by atoms with Gasteiger partial charge in [0.05, 0.1) is 17.0 Å². The van der Waals surface area contributed by atoms with Gasteiger partial charge in [0, 0.05) is 11.6 Å². The van der Waals surface area contributed by atoms with E-state index >= 15 is 0 Å². The molecule has 1 aromatic carbocycles. The molecule has 0 aromatic heterocycles. The molecule has 126 valence electrons. The van der Waals surface area contributed by atoms with Gasteiger partial charge in [-0.25, -0.2) is 13.1 Å². The van der Waals surface area contributed by atoms with Gasteiger partial charge >= 0.3 is 0 Å². The van der Waals surface area contributed by atoms with E-state index in [9.17, 15) is 8.42 Å². The molecular formula is C17H22ClNO3S. The molecule has 6 heteroatoms. The summed E-state index contributed by atoms with van der Waals surface area (Å²) in [7, 11) is -2.07. The van der Waals surface area contributed by atoms with Gasteiger partial charge in [0.15, 0.2) is 0 Å². The Balaban J connectivity index is 1.63. The molecule has 0 amide bonds. The summed E-state index contributed by atoms with van der Waals surface area (Å²) in [5.41, 5.74) is -0.236. The lowest BCUT2D eigenvalue weighted by Gasteiger charge is -2.56. The Bertz CT molecular complexity index is 696. The van der Waals surface area contributed by atoms with Crippen LogP contribution in [0, 0.1) is 17.8 Å². The van der Waals surface area contributed by atoms with Gasteiger partial charge in [-0.2, -0.15) is 0 Å². The van der Waals surface area contributed by atoms with Crippen molar-refractivity contribution < 1.29 is 13.2 Å². The molecule has 0 atom stereocenters. The van der Waals surface area contributed by atoms with E-state index in [2.05, 4.69) is 4.72 Å². The average molecular weight is 356 g/mol. The van der Waals surface area contributed by atoms with Crippen molar-refractivity contribution in [3.63, 3.8) is 0 Å². The maximum absolute atomic E-state index is 12.9. The predicted molar refractivity (Wildman–Crippen MR) is 89.2 cm³/mol. The highest BCUT2D eigenvalue weighted by Crippen LogP contribution is 2.56. The van der Waals surface area contributed by atoms with E-state index in [0.29, 0.717) is 28.5 Å². The van der Waals surface area contributed by atoms with Gasteiger partial charge in [0.25, 0.3) is 0 Å². The Morgan fingerprint density at radius 2 is 1.70 bits per heavy atom. The molecule has 4 aliphatic carbocycles. The van der Waals surface area contributed by atoms with Crippen LogP contribution in [0.5, 0.6) is 5.75 Å². The summed E-state index contributed by atoms with van der Waals surface area (Å²) in [5, 5.41) is 0.418. The van der Waals surface area contributed by atoms with Gasteiger partial charge in [-0.15, -0.1) is 0 Å². The number of hydrogen-bond acceptors (Lipinski definition) is 3. The fourth-order valence-corrected chi connectivity index (χ4v) is 7.03. The van der Waals surface area contributed by atoms with Crippen molar-refractivity contribution in [2.24, 2.45) is 17.8 Å². The van der Waals surface area contributed by atoms with Gasteiger partial charge < -0.3 is 4.74 Å². The third kappa shape index (κ3) is 2.77. The van der Waals surface area contributed by atoms with E-state index in [0.717, 1.165) is 19.3 Å². The van der Waals surface area contributed by atoms with Crippen molar-refractivity contribution in [2.75, 3.05) is 7.11 Å². The number of benzene rings is 1. The molecule has 0 saturated heterocycles. The first-order chi connectivity index (χ1) is 10.9. The molecule has 4 bridgehead atoms. The van der Waals surface area contributed by atoms with Crippen LogP contribution in [0.4, 0.5) is 0 Å². The molecule has 5 rings (SSSR count). The Morgan fingerprint density at radius 3 is 2.22 bits per heavy atom. The number of methoxy groups -OCH3 is 1. The highest BCUT2D eigenvalue weighted by molar-refractivity contribution is 7.89. The molecular weight excluding hydrogens is 334 g/mol. The molecule has 4 fully saturated rings. The molecule has 1 aromatic rings. The summed E-state index contributed by atoms with van der Waals surface area (Å²) in [6, 6.07) is 4.63. The molecule has 1 N–H and O–H groups in total. The number of halogens is 1. The fraction of sp³-hybridized carbons (Fsp3) is 0.647. The highest BCUT2D eigenvalue weighted by Gasteiger charge is 2.52. The summed E-state index contributed by atoms with van der Waals surface area (Å²) < 4.78 is 34.0. The molecule has 0 aliphatic heterocycles. The van der Waals surface area contributed by atoms with Crippen molar-refractivity contribution in [1.82, 2.24) is 4.72 Å². The van der Waals surface area contributed by atoms with Crippen LogP contribution in [0.25, 0.3) is 0 Å². The Labute approximate surface area is 142 Å². The van der Waals surface area contributed by atoms with Crippen molar-refractivity contribution >= 4 is 21.6 Å². The van der Waals surface area contributed by atoms with E-state index in [-0.39, 0.29) is 10.4 Å². The predicted octanol–water partition coefficient (Wildman–Crippen LogP) is 3.60. The fourth-order valence-electron chi connectivity index (χ4n) is 5.39. The lowest BCUT2D eigenvalue weighted by atomic mass is 9.53. The SMILES string of the molecule is COc1cc(S(=O)(=O)NC23CC4CC(CC(C4)C2)C3)ccc1Cl. The molecule has 0 spiro atoms. The monoisotopic (exact) mass is 355 g/mol. The molecule has 0 radical (unpaired) electrons. The van der Waals surface area contributed by atoms with Crippen LogP contribution >= 0.6 is 11.6 Å². The third-order valence-electron chi connectivity index (χ3n) is 5.82. The summed E-state index contributed by atoms with van der Waals surface area (Å²) in [5.74, 6) is 2.48. The van der Waals surface area contributed by atoms with Crippen molar-refractivity contribution in [3.05, 3.63) is 23.2 Å². The number of nitrogens with one attached hydrogen (secondary N) is 1. The Kier molecular flexibility index (Phi) is 3.67. The maximum Gasteiger partial charge on any atom is 0.241 e. The zero-order valence-corrected chi connectivity index (χ0v) is 14.8. The average Bonchev–Trinajstić information content (AvgIpc) is 2.44. The summed E-state index contributed by atoms with van der Waals surface area (Å²) in [6.07, 6.45) is 6.83. The van der Waals surface area contributed by atoms with E-state index in [1.54, 1.807) is 12.1 Å². The van der Waals surface area contributed by atoms with E-state index in [1.165, 1.54) is 32.4 Å². The smallest absolute Gasteiger partial charge is 0.241 e. The first-order valence-electron chi connectivity index (χ1n) is 8.27. The zero-order chi connectivity index (χ0) is 16.2. The van der Waals surface area contributed by atoms with Crippen molar-refractivity contribution in [3.8, 4) is 5.75 Å². The standard InChI is InChI=1S/C17H22ClNO3S/c1-22-16-7-14(2-3-15(16)18)23(20,21)19-17-8-11-4-12(9-17)6-13(5-11)10-17/h2-3,7,11-13,19H,4-6,8-10H2,1H3. The maximum atomic E-state index is 12.9. The zero-order valence-electron chi connectivity index (χ0n) is 13.2. The quantitative estimate of drug-likeness (QED) is 0.897. The number of ether oxygens (including phenoxy) is 1. The Morgan fingerprint density at radius 1 is 1.13 bits per heavy atom. The van der Waals surface area contributed by atoms with Crippen LogP contribution in [-0.2, 0) is 10.0 Å². The van der Waals surface area contributed by atoms with Crippen LogP contribution in [0.3, 0.4) is 0 Å². The van der Waals surface area contributed by atoms with Crippen LogP contribution in [-0.4, -0.2) is 21.1 Å². The van der Waals surface area contributed by atoms with Crippen LogP contribution in [0.2, 0.25) is 5.02 Å². The highest BCUT2D eigenvalue weighted by atomic mass is 35.5. The first kappa shape index (κ1) is 15.7. The minimum atomic E-state index is -3.56. The lowest BCUT2D eigenvalue weighted by Crippen LogP contribution is -2.59. The second kappa shape index (κ2) is 5.36. The lowest BCUT2D eigenvalue weighted by molar-refractivity contribution is -0.00810. The number of rotatable bonds is 4. The number of sulfonamides is 1. The van der Waals surface area contributed by atoms with Gasteiger partial charge in [0.2, 0.25) is 10.0 Å². The molecule has 4 nitrogen and oxygen atoms in total. The topological polar surface area (TPSA) is 55.4 Å². The van der Waals surface area contributed by atoms with E-state index < -0.39 is 10.0 Å². The van der Waals surface area contributed by atoms with E-state index in [1.807, 2.05) is 0 Å². The first-order valence-corrected chi connectivity index (χ1v) is 10.1. The van der Waals surface area contributed by atoms with Gasteiger partial charge in [-0.1, -0.05) is 11.6 Å². The summed E-state index contributed by atoms with van der Waals surface area (Å²) in [6.45, 7) is 0. The minimum absolute atomic E-state index is 0.231. The van der Waals surface area contributed by atoms with Crippen LogP contribution in [0.15, 0.2) is 23.1 Å². The molecule has 4 saturated carbocycles. The molecule has 0 unspecified atom stereocenters. The van der Waals surface area contributed by atoms with E-state index in [4.69, 9.17) is 16.3 Å². The van der Waals surface area contributed by atoms with Crippen LogP contribution < -0.4 is 9.46 Å². The van der Waals surface area contributed by atoms with Crippen molar-refractivity contribution in [2.45, 2.75) is 49.0 Å². The minimum Gasteiger partial charge on any atom is -0.495 e. The summed E-state index contributed by atoms with van der Waals surface area (Å²) >= 11 is 6.01. The largest absolute Gasteiger partial charge is 0.495 e. The molecule has 23 heavy (non-hydrogen) atoms.